The summed E-state index contributed by atoms with van der Waals surface area (Å²) in [5.41, 5.74) is 3.27. The third-order valence-corrected chi connectivity index (χ3v) is 6.94. The second-order valence-electron chi connectivity index (χ2n) is 7.58. The lowest BCUT2D eigenvalue weighted by Crippen LogP contribution is -2.44. The molecule has 0 aliphatic carbocycles. The van der Waals surface area contributed by atoms with Gasteiger partial charge in [-0.05, 0) is 67.9 Å². The van der Waals surface area contributed by atoms with Gasteiger partial charge < -0.3 is 4.90 Å². The molecule has 0 aromatic heterocycles. The number of nitrogens with zero attached hydrogens (tertiary/aromatic N) is 1. The van der Waals surface area contributed by atoms with Crippen LogP contribution in [0.1, 0.15) is 29.5 Å². The second-order valence-corrected chi connectivity index (χ2v) is 9.35. The molecule has 150 valence electrons. The monoisotopic (exact) mass is 400 g/mol. The van der Waals surface area contributed by atoms with E-state index in [2.05, 4.69) is 29.0 Å². The second kappa shape index (κ2) is 8.88. The quantitative estimate of drug-likeness (QED) is 0.810. The Morgan fingerprint density at radius 3 is 2.36 bits per heavy atom. The molecule has 1 aliphatic rings. The first-order valence-corrected chi connectivity index (χ1v) is 11.2. The lowest BCUT2D eigenvalue weighted by Gasteiger charge is -2.32. The van der Waals surface area contributed by atoms with Crippen molar-refractivity contribution in [1.29, 1.82) is 0 Å². The molecule has 0 bridgehead atoms. The summed E-state index contributed by atoms with van der Waals surface area (Å²) in [6, 6.07) is 15.4. The lowest BCUT2D eigenvalue weighted by molar-refractivity contribution is -0.131. The Morgan fingerprint density at radius 1 is 1.04 bits per heavy atom. The van der Waals surface area contributed by atoms with Crippen molar-refractivity contribution in [3.63, 3.8) is 0 Å². The highest BCUT2D eigenvalue weighted by Gasteiger charge is 2.24. The van der Waals surface area contributed by atoms with Crippen molar-refractivity contribution in [2.45, 2.75) is 38.0 Å². The van der Waals surface area contributed by atoms with Crippen LogP contribution < -0.4 is 4.72 Å². The van der Waals surface area contributed by atoms with E-state index in [1.807, 2.05) is 19.9 Å². The van der Waals surface area contributed by atoms with Gasteiger partial charge in [-0.3, -0.25) is 4.79 Å². The van der Waals surface area contributed by atoms with Gasteiger partial charge in [-0.25, -0.2) is 13.1 Å². The van der Waals surface area contributed by atoms with Crippen molar-refractivity contribution in [2.24, 2.45) is 5.92 Å². The van der Waals surface area contributed by atoms with E-state index in [1.165, 1.54) is 5.56 Å². The Bertz CT molecular complexity index is 918. The van der Waals surface area contributed by atoms with E-state index in [9.17, 15) is 13.2 Å². The first kappa shape index (κ1) is 20.6. The summed E-state index contributed by atoms with van der Waals surface area (Å²) in [6.45, 7) is 4.98. The van der Waals surface area contributed by atoms with Gasteiger partial charge in [0.05, 0.1) is 11.4 Å². The lowest BCUT2D eigenvalue weighted by atomic mass is 9.90. The Kier molecular flexibility index (Phi) is 6.52. The van der Waals surface area contributed by atoms with E-state index in [-0.39, 0.29) is 17.3 Å². The van der Waals surface area contributed by atoms with Gasteiger partial charge in [0.2, 0.25) is 15.9 Å². The zero-order valence-electron chi connectivity index (χ0n) is 16.5. The zero-order valence-corrected chi connectivity index (χ0v) is 17.3. The van der Waals surface area contributed by atoms with E-state index in [1.54, 1.807) is 23.1 Å². The first-order valence-electron chi connectivity index (χ1n) is 9.74. The van der Waals surface area contributed by atoms with Crippen LogP contribution in [0.15, 0.2) is 53.4 Å². The molecule has 0 radical (unpaired) electrons. The summed E-state index contributed by atoms with van der Waals surface area (Å²) in [7, 11) is -3.68. The SMILES string of the molecule is Cc1ccc(S(=O)(=O)NCC(=O)N2CCC(Cc3ccccc3)CC2)cc1C. The van der Waals surface area contributed by atoms with Crippen LogP contribution in [0, 0.1) is 19.8 Å². The molecule has 0 atom stereocenters. The largest absolute Gasteiger partial charge is 0.342 e. The molecule has 1 fully saturated rings. The smallest absolute Gasteiger partial charge is 0.241 e. The number of aryl methyl sites for hydroxylation is 2. The van der Waals surface area contributed by atoms with Crippen LogP contribution in [0.4, 0.5) is 0 Å². The molecule has 5 nitrogen and oxygen atoms in total. The molecule has 3 rings (SSSR count). The maximum atomic E-state index is 12.5. The summed E-state index contributed by atoms with van der Waals surface area (Å²) in [5.74, 6) is 0.407. The molecule has 2 aromatic carbocycles. The minimum absolute atomic E-state index is 0.162. The highest BCUT2D eigenvalue weighted by molar-refractivity contribution is 7.89. The van der Waals surface area contributed by atoms with Crippen molar-refractivity contribution in [2.75, 3.05) is 19.6 Å². The number of rotatable bonds is 6. The van der Waals surface area contributed by atoms with Crippen molar-refractivity contribution >= 4 is 15.9 Å². The van der Waals surface area contributed by atoms with E-state index in [0.29, 0.717) is 19.0 Å². The fourth-order valence-electron chi connectivity index (χ4n) is 3.57. The van der Waals surface area contributed by atoms with Crippen LogP contribution in [0.25, 0.3) is 0 Å². The van der Waals surface area contributed by atoms with Crippen LogP contribution in [-0.2, 0) is 21.2 Å². The number of sulfonamides is 1. The van der Waals surface area contributed by atoms with Gasteiger partial charge in [0.25, 0.3) is 0 Å². The van der Waals surface area contributed by atoms with Gasteiger partial charge in [-0.1, -0.05) is 36.4 Å². The average molecular weight is 401 g/mol. The molecular weight excluding hydrogens is 372 g/mol. The van der Waals surface area contributed by atoms with E-state index < -0.39 is 10.0 Å². The van der Waals surface area contributed by atoms with Crippen LogP contribution >= 0.6 is 0 Å². The van der Waals surface area contributed by atoms with Crippen LogP contribution in [0.2, 0.25) is 0 Å². The third kappa shape index (κ3) is 5.20. The van der Waals surface area contributed by atoms with Gasteiger partial charge in [-0.2, -0.15) is 0 Å². The Hall–Kier alpha value is -2.18. The summed E-state index contributed by atoms with van der Waals surface area (Å²) >= 11 is 0. The Labute approximate surface area is 167 Å². The van der Waals surface area contributed by atoms with Crippen LogP contribution in [-0.4, -0.2) is 38.9 Å². The molecule has 0 unspecified atom stereocenters. The maximum absolute atomic E-state index is 12.5. The fourth-order valence-corrected chi connectivity index (χ4v) is 4.63. The Morgan fingerprint density at radius 2 is 1.71 bits per heavy atom. The standard InChI is InChI=1S/C22H28N2O3S/c1-17-8-9-21(14-18(17)2)28(26,27)23-16-22(25)24-12-10-20(11-13-24)15-19-6-4-3-5-7-19/h3-9,14,20,23H,10-13,15-16H2,1-2H3. The number of hydrogen-bond donors (Lipinski definition) is 1. The molecule has 1 saturated heterocycles. The van der Waals surface area contributed by atoms with Gasteiger partial charge >= 0.3 is 0 Å². The number of hydrogen-bond acceptors (Lipinski definition) is 3. The normalized spacial score (nSPS) is 15.6. The number of carbonyl (C=O) groups excluding carboxylic acids is 1. The molecule has 1 N–H and O–H groups in total. The van der Waals surface area contributed by atoms with Crippen LogP contribution in [0.5, 0.6) is 0 Å². The molecule has 2 aromatic rings. The van der Waals surface area contributed by atoms with Gasteiger partial charge in [0, 0.05) is 13.1 Å². The van der Waals surface area contributed by atoms with Gasteiger partial charge in [0.1, 0.15) is 0 Å². The number of nitrogens with one attached hydrogen (secondary N) is 1. The summed E-state index contributed by atoms with van der Waals surface area (Å²) in [6.07, 6.45) is 2.93. The molecule has 1 heterocycles. The molecule has 0 saturated carbocycles. The van der Waals surface area contributed by atoms with Gasteiger partial charge in [0.15, 0.2) is 0 Å². The Balaban J connectivity index is 1.49. The summed E-state index contributed by atoms with van der Waals surface area (Å²) in [5, 5.41) is 0. The summed E-state index contributed by atoms with van der Waals surface area (Å²) in [4.78, 5) is 14.4. The first-order chi connectivity index (χ1) is 13.3. The number of piperidine rings is 1. The zero-order chi connectivity index (χ0) is 20.1. The molecule has 0 spiro atoms. The van der Waals surface area contributed by atoms with Crippen molar-refractivity contribution in [3.8, 4) is 0 Å². The van der Waals surface area contributed by atoms with Crippen molar-refractivity contribution < 1.29 is 13.2 Å². The summed E-state index contributed by atoms with van der Waals surface area (Å²) < 4.78 is 27.4. The van der Waals surface area contributed by atoms with E-state index in [4.69, 9.17) is 0 Å². The van der Waals surface area contributed by atoms with E-state index >= 15 is 0 Å². The van der Waals surface area contributed by atoms with Gasteiger partial charge in [-0.15, -0.1) is 0 Å². The number of carbonyl (C=O) groups is 1. The minimum atomic E-state index is -3.68. The predicted molar refractivity (Wildman–Crippen MR) is 111 cm³/mol. The fraction of sp³-hybridized carbons (Fsp3) is 0.409. The number of likely N-dealkylation sites (tertiary alicyclic amines) is 1. The highest BCUT2D eigenvalue weighted by atomic mass is 32.2. The number of benzene rings is 2. The molecule has 1 aliphatic heterocycles. The van der Waals surface area contributed by atoms with Crippen LogP contribution in [0.3, 0.4) is 0 Å². The maximum Gasteiger partial charge on any atom is 0.241 e. The topological polar surface area (TPSA) is 66.5 Å². The van der Waals surface area contributed by atoms with Crippen molar-refractivity contribution in [3.05, 3.63) is 65.2 Å². The minimum Gasteiger partial charge on any atom is -0.342 e. The van der Waals surface area contributed by atoms with Crippen molar-refractivity contribution in [1.82, 2.24) is 9.62 Å². The predicted octanol–water partition coefficient (Wildman–Crippen LogP) is 3.06. The average Bonchev–Trinajstić information content (AvgIpc) is 2.69. The third-order valence-electron chi connectivity index (χ3n) is 5.54. The number of amides is 1. The molecule has 6 heteroatoms. The molecular formula is C22H28N2O3S. The highest BCUT2D eigenvalue weighted by Crippen LogP contribution is 2.22. The van der Waals surface area contributed by atoms with E-state index in [0.717, 1.165) is 30.4 Å². The molecule has 1 amide bonds. The molecule has 28 heavy (non-hydrogen) atoms.